The Morgan fingerprint density at radius 1 is 0.923 bits per heavy atom. The molecule has 0 fully saturated rings. The minimum atomic E-state index is -5.08. The fourth-order valence-corrected chi connectivity index (χ4v) is 4.68. The topological polar surface area (TPSA) is 178 Å². The molecule has 1 aliphatic rings. The van der Waals surface area contributed by atoms with Crippen molar-refractivity contribution in [3.63, 3.8) is 0 Å². The number of anilines is 1. The summed E-state index contributed by atoms with van der Waals surface area (Å²) in [6.07, 6.45) is -4.92. The lowest BCUT2D eigenvalue weighted by Crippen LogP contribution is -2.43. The number of hydrogen-bond acceptors (Lipinski definition) is 8. The van der Waals surface area contributed by atoms with Crippen LogP contribution < -0.4 is 20.7 Å². The Morgan fingerprint density at radius 3 is 2.04 bits per heavy atom. The van der Waals surface area contributed by atoms with Crippen molar-refractivity contribution in [3.8, 4) is 11.5 Å². The number of carbonyl (C=O) groups excluding carboxylic acids is 2. The number of phenolic OH excluding ortho intramolecular Hbond substituents is 1. The van der Waals surface area contributed by atoms with Crippen LogP contribution in [0.4, 0.5) is 32.0 Å². The first kappa shape index (κ1) is 45.7. The maximum Gasteiger partial charge on any atom is 0.490 e. The molecule has 52 heavy (non-hydrogen) atoms. The van der Waals surface area contributed by atoms with E-state index < -0.39 is 24.3 Å². The molecule has 292 valence electrons. The van der Waals surface area contributed by atoms with E-state index in [0.717, 1.165) is 42.8 Å². The van der Waals surface area contributed by atoms with Gasteiger partial charge in [0.25, 0.3) is 5.91 Å². The number of amides is 2. The fourth-order valence-electron chi connectivity index (χ4n) is 4.55. The highest BCUT2D eigenvalue weighted by molar-refractivity contribution is 6.30. The largest absolute Gasteiger partial charge is 0.506 e. The summed E-state index contributed by atoms with van der Waals surface area (Å²) in [5.41, 5.74) is 2.47. The molecule has 2 aromatic carbocycles. The monoisotopic (exact) mass is 772 g/mol. The van der Waals surface area contributed by atoms with Crippen molar-refractivity contribution in [2.45, 2.75) is 70.8 Å². The number of hydrogen-bond donors (Lipinski definition) is 6. The maximum atomic E-state index is 13.1. The van der Waals surface area contributed by atoms with Crippen LogP contribution in [0.3, 0.4) is 0 Å². The van der Waals surface area contributed by atoms with E-state index in [1.54, 1.807) is 6.07 Å². The molecular formula is C33H43ClF6N4O8. The van der Waals surface area contributed by atoms with Crippen molar-refractivity contribution in [2.75, 3.05) is 44.6 Å². The molecule has 0 radical (unpaired) electrons. The van der Waals surface area contributed by atoms with Gasteiger partial charge >= 0.3 is 24.3 Å². The Balaban J connectivity index is 0.000000812. The van der Waals surface area contributed by atoms with E-state index in [1.807, 2.05) is 35.2 Å². The molecule has 19 heteroatoms. The summed E-state index contributed by atoms with van der Waals surface area (Å²) in [7, 11) is 0. The molecule has 1 heterocycles. The van der Waals surface area contributed by atoms with Crippen LogP contribution in [0.2, 0.25) is 5.02 Å². The van der Waals surface area contributed by atoms with Crippen LogP contribution in [0.25, 0.3) is 0 Å². The van der Waals surface area contributed by atoms with Gasteiger partial charge < -0.3 is 40.9 Å². The number of fused-ring (bicyclic) bond motifs is 1. The van der Waals surface area contributed by atoms with E-state index in [-0.39, 0.29) is 30.2 Å². The third-order valence-corrected chi connectivity index (χ3v) is 7.51. The molecule has 0 aromatic heterocycles. The predicted octanol–water partition coefficient (Wildman–Crippen LogP) is 5.40. The van der Waals surface area contributed by atoms with Crippen molar-refractivity contribution in [2.24, 2.45) is 0 Å². The Hall–Kier alpha value is -4.29. The molecule has 3 rings (SSSR count). The Morgan fingerprint density at radius 2 is 1.48 bits per heavy atom. The molecule has 0 bridgehead atoms. The number of carboxylic acid groups (broad SMARTS) is 2. The minimum absolute atomic E-state index is 0.000510. The number of halogens is 7. The molecule has 0 aliphatic carbocycles. The summed E-state index contributed by atoms with van der Waals surface area (Å²) in [6.45, 7) is 7.73. The number of carbonyl (C=O) groups is 4. The third kappa shape index (κ3) is 17.8. The number of nitrogens with one attached hydrogen (secondary N) is 3. The lowest BCUT2D eigenvalue weighted by molar-refractivity contribution is -0.193. The molecular weight excluding hydrogens is 730 g/mol. The number of nitrogens with zero attached hydrogens (tertiary/aromatic N) is 1. The molecule has 0 saturated carbocycles. The Kier molecular flexibility index (Phi) is 19.9. The molecule has 6 N–H and O–H groups in total. The highest BCUT2D eigenvalue weighted by Gasteiger charge is 2.39. The lowest BCUT2D eigenvalue weighted by Gasteiger charge is -2.30. The molecule has 12 nitrogen and oxygen atoms in total. The average Bonchev–Trinajstić information content (AvgIpc) is 3.06. The van der Waals surface area contributed by atoms with Crippen LogP contribution in [0.1, 0.15) is 50.7 Å². The molecule has 2 aromatic rings. The molecule has 1 atom stereocenters. The average molecular weight is 773 g/mol. The quantitative estimate of drug-likeness (QED) is 0.0736. The number of aliphatic carboxylic acids is 2. The predicted molar refractivity (Wildman–Crippen MR) is 180 cm³/mol. The Bertz CT molecular complexity index is 1420. The standard InChI is InChI=1S/C29H41ClN4O4.2C2HF3O2/c1-3-4-5-21(2)34(27(37)14-17-31-15-12-22-6-9-24(30)10-7-22)19-18-32-16-13-23-8-11-25(35)28-29(23)38-20-26(36)33-28;2*3-2(4,5)1(6)7/h6-11,21,31-32,35H,3-5,12-20H2,1-2H3,(H,33,36);2*(H,6,7)/t21-;;/m1../s1. The molecule has 0 spiro atoms. The van der Waals surface area contributed by atoms with Gasteiger partial charge in [0.05, 0.1) is 0 Å². The van der Waals surface area contributed by atoms with Gasteiger partial charge in [-0.05, 0) is 68.6 Å². The molecule has 0 unspecified atom stereocenters. The van der Waals surface area contributed by atoms with Crippen molar-refractivity contribution >= 4 is 41.0 Å². The molecule has 2 amide bonds. The zero-order valence-electron chi connectivity index (χ0n) is 28.5. The summed E-state index contributed by atoms with van der Waals surface area (Å²) < 4.78 is 69.0. The second-order valence-corrected chi connectivity index (χ2v) is 11.8. The lowest BCUT2D eigenvalue weighted by atomic mass is 10.1. The number of rotatable bonds is 16. The van der Waals surface area contributed by atoms with Gasteiger partial charge in [0, 0.05) is 37.1 Å². The first-order chi connectivity index (χ1) is 24.3. The summed E-state index contributed by atoms with van der Waals surface area (Å²) >= 11 is 5.95. The summed E-state index contributed by atoms with van der Waals surface area (Å²) in [5.74, 6) is -5.09. The van der Waals surface area contributed by atoms with Gasteiger partial charge in [0.15, 0.2) is 12.4 Å². The maximum absolute atomic E-state index is 13.1. The number of aromatic hydroxyl groups is 1. The van der Waals surface area contributed by atoms with Crippen LogP contribution in [0, 0.1) is 0 Å². The molecule has 1 aliphatic heterocycles. The Labute approximate surface area is 301 Å². The van der Waals surface area contributed by atoms with Crippen LogP contribution in [-0.4, -0.2) is 102 Å². The van der Waals surface area contributed by atoms with Crippen LogP contribution in [0.5, 0.6) is 11.5 Å². The van der Waals surface area contributed by atoms with Gasteiger partial charge in [0.2, 0.25) is 5.91 Å². The number of carboxylic acids is 2. The van der Waals surface area contributed by atoms with Crippen molar-refractivity contribution < 1.29 is 65.6 Å². The number of unbranched alkanes of at least 4 members (excludes halogenated alkanes) is 1. The van der Waals surface area contributed by atoms with Crippen molar-refractivity contribution in [1.29, 1.82) is 0 Å². The second-order valence-electron chi connectivity index (χ2n) is 11.3. The first-order valence-corrected chi connectivity index (χ1v) is 16.5. The SMILES string of the molecule is CCCC[C@@H](C)N(CCNCCc1ccc(O)c2c1OCC(=O)N2)C(=O)CCNCCc1ccc(Cl)cc1.O=C(O)C(F)(F)F.O=C(O)C(F)(F)F. The van der Waals surface area contributed by atoms with Gasteiger partial charge in [-0.2, -0.15) is 26.3 Å². The van der Waals surface area contributed by atoms with Gasteiger partial charge in [-0.1, -0.05) is 49.6 Å². The zero-order valence-corrected chi connectivity index (χ0v) is 29.3. The van der Waals surface area contributed by atoms with Crippen LogP contribution >= 0.6 is 11.6 Å². The number of benzene rings is 2. The summed E-state index contributed by atoms with van der Waals surface area (Å²) in [4.78, 5) is 44.5. The van der Waals surface area contributed by atoms with E-state index in [2.05, 4.69) is 29.8 Å². The smallest absolute Gasteiger partial charge is 0.490 e. The van der Waals surface area contributed by atoms with Crippen molar-refractivity contribution in [1.82, 2.24) is 15.5 Å². The van der Waals surface area contributed by atoms with Gasteiger partial charge in [0.1, 0.15) is 11.4 Å². The zero-order chi connectivity index (χ0) is 39.5. The van der Waals surface area contributed by atoms with E-state index >= 15 is 0 Å². The summed E-state index contributed by atoms with van der Waals surface area (Å²) in [6, 6.07) is 11.4. The van der Waals surface area contributed by atoms with Crippen molar-refractivity contribution in [3.05, 3.63) is 52.5 Å². The van der Waals surface area contributed by atoms with E-state index in [9.17, 15) is 41.0 Å². The minimum Gasteiger partial charge on any atom is -0.506 e. The fraction of sp³-hybridized carbons (Fsp3) is 0.515. The normalized spacial score (nSPS) is 12.8. The van der Waals surface area contributed by atoms with Gasteiger partial charge in [-0.3, -0.25) is 9.59 Å². The third-order valence-electron chi connectivity index (χ3n) is 7.26. The van der Waals surface area contributed by atoms with E-state index in [1.165, 1.54) is 5.56 Å². The van der Waals surface area contributed by atoms with E-state index in [4.69, 9.17) is 36.1 Å². The first-order valence-electron chi connectivity index (χ1n) is 16.1. The van der Waals surface area contributed by atoms with Crippen LogP contribution in [-0.2, 0) is 32.0 Å². The number of phenols is 1. The van der Waals surface area contributed by atoms with E-state index in [0.29, 0.717) is 50.5 Å². The highest BCUT2D eigenvalue weighted by Crippen LogP contribution is 2.39. The molecule has 0 saturated heterocycles. The number of alkyl halides is 6. The summed E-state index contributed by atoms with van der Waals surface area (Å²) in [5, 5.41) is 34.5. The van der Waals surface area contributed by atoms with Crippen LogP contribution in [0.15, 0.2) is 36.4 Å². The van der Waals surface area contributed by atoms with Gasteiger partial charge in [-0.15, -0.1) is 0 Å². The second kappa shape index (κ2) is 22.6. The van der Waals surface area contributed by atoms with Gasteiger partial charge in [-0.25, -0.2) is 9.59 Å². The highest BCUT2D eigenvalue weighted by atomic mass is 35.5. The number of ether oxygens (including phenoxy) is 1.